The zero-order chi connectivity index (χ0) is 13.9. The topological polar surface area (TPSA) is 19.4 Å². The van der Waals surface area contributed by atoms with Crippen LogP contribution in [0.2, 0.25) is 0 Å². The van der Waals surface area contributed by atoms with Crippen molar-refractivity contribution in [2.45, 2.75) is 18.9 Å². The molecule has 0 N–H and O–H groups in total. The Kier molecular flexibility index (Phi) is 3.70. The van der Waals surface area contributed by atoms with Crippen molar-refractivity contribution in [2.75, 3.05) is 25.5 Å². The highest BCUT2D eigenvalue weighted by atomic mass is 15.2. The summed E-state index contributed by atoms with van der Waals surface area (Å²) in [7, 11) is 4.25. The predicted molar refractivity (Wildman–Crippen MR) is 83.3 cm³/mol. The molecule has 1 fully saturated rings. The highest BCUT2D eigenvalue weighted by molar-refractivity contribution is 5.58. The van der Waals surface area contributed by atoms with E-state index in [1.165, 1.54) is 24.9 Å². The molecule has 1 aromatic heterocycles. The number of aromatic nitrogens is 1. The largest absolute Gasteiger partial charge is 0.329 e. The van der Waals surface area contributed by atoms with Gasteiger partial charge in [0.2, 0.25) is 0 Å². The molecule has 20 heavy (non-hydrogen) atoms. The molecule has 1 atom stereocenters. The van der Waals surface area contributed by atoms with E-state index in [4.69, 9.17) is 0 Å². The fourth-order valence-electron chi connectivity index (χ4n) is 2.91. The second-order valence-electron chi connectivity index (χ2n) is 5.48. The Morgan fingerprint density at radius 2 is 1.95 bits per heavy atom. The summed E-state index contributed by atoms with van der Waals surface area (Å²) >= 11 is 0. The monoisotopic (exact) mass is 267 g/mol. The summed E-state index contributed by atoms with van der Waals surface area (Å²) in [6.07, 6.45) is 4.56. The Morgan fingerprint density at radius 3 is 2.55 bits per heavy atom. The third kappa shape index (κ3) is 2.54. The minimum absolute atomic E-state index is 0.540. The summed E-state index contributed by atoms with van der Waals surface area (Å²) in [5, 5.41) is 0. The van der Waals surface area contributed by atoms with Crippen LogP contribution in [0.1, 0.15) is 24.4 Å². The number of benzene rings is 1. The van der Waals surface area contributed by atoms with Gasteiger partial charge in [-0.15, -0.1) is 0 Å². The normalized spacial score (nSPS) is 19.2. The van der Waals surface area contributed by atoms with Gasteiger partial charge in [-0.2, -0.15) is 0 Å². The van der Waals surface area contributed by atoms with Crippen LogP contribution in [0.4, 0.5) is 11.5 Å². The third-order valence-electron chi connectivity index (χ3n) is 4.16. The molecule has 0 unspecified atom stereocenters. The van der Waals surface area contributed by atoms with Crippen molar-refractivity contribution in [2.24, 2.45) is 0 Å². The minimum atomic E-state index is 0.540. The van der Waals surface area contributed by atoms with Crippen LogP contribution >= 0.6 is 0 Å². The molecule has 1 aromatic carbocycles. The number of rotatable bonds is 3. The van der Waals surface area contributed by atoms with Crippen LogP contribution in [0.5, 0.6) is 0 Å². The molecule has 0 amide bonds. The summed E-state index contributed by atoms with van der Waals surface area (Å²) in [4.78, 5) is 9.16. The molecule has 3 heteroatoms. The summed E-state index contributed by atoms with van der Waals surface area (Å²) in [6.45, 7) is 1.19. The SMILES string of the molecule is CN(c1ccccc1)c1ccc([C@H]2CCCN2C)cn1. The van der Waals surface area contributed by atoms with Gasteiger partial charge in [-0.25, -0.2) is 4.98 Å². The van der Waals surface area contributed by atoms with Crippen molar-refractivity contribution in [3.05, 3.63) is 54.2 Å². The minimum Gasteiger partial charge on any atom is -0.329 e. The van der Waals surface area contributed by atoms with Crippen LogP contribution in [0.3, 0.4) is 0 Å². The van der Waals surface area contributed by atoms with Crippen molar-refractivity contribution in [1.82, 2.24) is 9.88 Å². The highest BCUT2D eigenvalue weighted by Crippen LogP contribution is 2.31. The maximum Gasteiger partial charge on any atom is 0.132 e. The lowest BCUT2D eigenvalue weighted by Gasteiger charge is -2.22. The fraction of sp³-hybridized carbons (Fsp3) is 0.353. The summed E-state index contributed by atoms with van der Waals surface area (Å²) in [5.41, 5.74) is 2.49. The first-order valence-electron chi connectivity index (χ1n) is 7.20. The smallest absolute Gasteiger partial charge is 0.132 e. The summed E-state index contributed by atoms with van der Waals surface area (Å²) < 4.78 is 0. The molecule has 0 radical (unpaired) electrons. The highest BCUT2D eigenvalue weighted by Gasteiger charge is 2.22. The van der Waals surface area contributed by atoms with Crippen LogP contribution in [0.25, 0.3) is 0 Å². The number of hydrogen-bond donors (Lipinski definition) is 0. The molecule has 1 aliphatic heterocycles. The van der Waals surface area contributed by atoms with Crippen molar-refractivity contribution < 1.29 is 0 Å². The van der Waals surface area contributed by atoms with Crippen molar-refractivity contribution in [1.29, 1.82) is 0 Å². The Bertz CT molecular complexity index is 550. The molecule has 2 heterocycles. The third-order valence-corrected chi connectivity index (χ3v) is 4.16. The van der Waals surface area contributed by atoms with Gasteiger partial charge < -0.3 is 4.90 Å². The lowest BCUT2D eigenvalue weighted by Crippen LogP contribution is -2.18. The molecular formula is C17H21N3. The Morgan fingerprint density at radius 1 is 1.15 bits per heavy atom. The van der Waals surface area contributed by atoms with E-state index in [-0.39, 0.29) is 0 Å². The van der Waals surface area contributed by atoms with Gasteiger partial charge in [0.1, 0.15) is 5.82 Å². The first-order valence-corrected chi connectivity index (χ1v) is 7.20. The quantitative estimate of drug-likeness (QED) is 0.846. The zero-order valence-electron chi connectivity index (χ0n) is 12.2. The number of pyridine rings is 1. The van der Waals surface area contributed by atoms with Crippen LogP contribution in [-0.2, 0) is 0 Å². The van der Waals surface area contributed by atoms with E-state index in [9.17, 15) is 0 Å². The number of nitrogens with zero attached hydrogens (tertiary/aromatic N) is 3. The lowest BCUT2D eigenvalue weighted by atomic mass is 10.1. The Labute approximate surface area is 120 Å². The molecular weight excluding hydrogens is 246 g/mol. The molecule has 0 bridgehead atoms. The lowest BCUT2D eigenvalue weighted by molar-refractivity contribution is 0.317. The number of likely N-dealkylation sites (tertiary alicyclic amines) is 1. The van der Waals surface area contributed by atoms with Crippen LogP contribution in [-0.4, -0.2) is 30.5 Å². The Hall–Kier alpha value is -1.87. The number of hydrogen-bond acceptors (Lipinski definition) is 3. The van der Waals surface area contributed by atoms with Gasteiger partial charge >= 0.3 is 0 Å². The molecule has 0 spiro atoms. The van der Waals surface area contributed by atoms with Crippen molar-refractivity contribution in [3.8, 4) is 0 Å². The predicted octanol–water partition coefficient (Wildman–Crippen LogP) is 3.62. The van der Waals surface area contributed by atoms with Crippen molar-refractivity contribution in [3.63, 3.8) is 0 Å². The van der Waals surface area contributed by atoms with E-state index in [0.717, 1.165) is 11.5 Å². The van der Waals surface area contributed by atoms with Gasteiger partial charge in [-0.1, -0.05) is 24.3 Å². The number of para-hydroxylation sites is 1. The first kappa shape index (κ1) is 13.1. The van der Waals surface area contributed by atoms with Gasteiger partial charge in [0.05, 0.1) is 0 Å². The van der Waals surface area contributed by atoms with E-state index < -0.39 is 0 Å². The average molecular weight is 267 g/mol. The fourth-order valence-corrected chi connectivity index (χ4v) is 2.91. The van der Waals surface area contributed by atoms with Gasteiger partial charge in [-0.05, 0) is 50.2 Å². The van der Waals surface area contributed by atoms with Crippen LogP contribution in [0.15, 0.2) is 48.7 Å². The standard InChI is InChI=1S/C17H21N3/c1-19-12-6-9-16(19)14-10-11-17(18-13-14)20(2)15-7-4-3-5-8-15/h3-5,7-8,10-11,13,16H,6,9,12H2,1-2H3/t16-/m1/s1. The van der Waals surface area contributed by atoms with E-state index in [1.807, 2.05) is 24.4 Å². The molecule has 2 aromatic rings. The van der Waals surface area contributed by atoms with Crippen LogP contribution in [0, 0.1) is 0 Å². The molecule has 1 saturated heterocycles. The molecule has 3 nitrogen and oxygen atoms in total. The van der Waals surface area contributed by atoms with Gasteiger partial charge in [0, 0.05) is 25.0 Å². The summed E-state index contributed by atoms with van der Waals surface area (Å²) in [5.74, 6) is 0.987. The van der Waals surface area contributed by atoms with E-state index in [0.29, 0.717) is 6.04 Å². The molecule has 0 aliphatic carbocycles. The van der Waals surface area contributed by atoms with E-state index >= 15 is 0 Å². The van der Waals surface area contributed by atoms with Crippen molar-refractivity contribution >= 4 is 11.5 Å². The Balaban J connectivity index is 1.79. The molecule has 3 rings (SSSR count). The van der Waals surface area contributed by atoms with Gasteiger partial charge in [-0.3, -0.25) is 4.90 Å². The summed E-state index contributed by atoms with van der Waals surface area (Å²) in [6, 6.07) is 15.2. The van der Waals surface area contributed by atoms with Gasteiger partial charge in [0.25, 0.3) is 0 Å². The number of anilines is 2. The van der Waals surface area contributed by atoms with Crippen LogP contribution < -0.4 is 4.90 Å². The van der Waals surface area contributed by atoms with E-state index in [2.05, 4.69) is 53.1 Å². The maximum absolute atomic E-state index is 4.63. The average Bonchev–Trinajstić information content (AvgIpc) is 2.94. The first-order chi connectivity index (χ1) is 9.75. The second kappa shape index (κ2) is 5.63. The molecule has 104 valence electrons. The maximum atomic E-state index is 4.63. The van der Waals surface area contributed by atoms with E-state index in [1.54, 1.807) is 0 Å². The zero-order valence-corrected chi connectivity index (χ0v) is 12.2. The second-order valence-corrected chi connectivity index (χ2v) is 5.48. The molecule has 0 saturated carbocycles. The molecule has 1 aliphatic rings. The van der Waals surface area contributed by atoms with Gasteiger partial charge in [0.15, 0.2) is 0 Å².